The molecule has 0 atom stereocenters. The smallest absolute Gasteiger partial charge is 0.180 e. The third kappa shape index (κ3) is 3.49. The van der Waals surface area contributed by atoms with Gasteiger partial charge in [0.2, 0.25) is 0 Å². The lowest BCUT2D eigenvalue weighted by molar-refractivity contribution is 0.881. The van der Waals surface area contributed by atoms with E-state index >= 15 is 0 Å². The number of rotatable bonds is 4. The van der Waals surface area contributed by atoms with Gasteiger partial charge in [0.1, 0.15) is 0 Å². The van der Waals surface area contributed by atoms with Crippen LogP contribution in [0.5, 0.6) is 0 Å². The molecule has 28 heavy (non-hydrogen) atoms. The average Bonchev–Trinajstić information content (AvgIpc) is 3.25. The quantitative estimate of drug-likeness (QED) is 0.419. The Morgan fingerprint density at radius 1 is 0.964 bits per heavy atom. The molecule has 0 saturated carbocycles. The molecule has 0 aliphatic heterocycles. The summed E-state index contributed by atoms with van der Waals surface area (Å²) in [7, 11) is 2.08. The van der Waals surface area contributed by atoms with Crippen molar-refractivity contribution in [1.82, 2.24) is 25.6 Å². The van der Waals surface area contributed by atoms with Crippen LogP contribution < -0.4 is 4.90 Å². The van der Waals surface area contributed by atoms with Crippen molar-refractivity contribution in [3.05, 3.63) is 69.6 Å². The van der Waals surface area contributed by atoms with Gasteiger partial charge in [-0.3, -0.25) is 4.98 Å². The summed E-state index contributed by atoms with van der Waals surface area (Å²) >= 11 is 2.36. The summed E-state index contributed by atoms with van der Waals surface area (Å²) < 4.78 is 1.16. The number of nitrogens with one attached hydrogen (secondary N) is 1. The largest absolute Gasteiger partial charge is 0.344 e. The van der Waals surface area contributed by atoms with Crippen LogP contribution in [0.3, 0.4) is 0 Å². The summed E-state index contributed by atoms with van der Waals surface area (Å²) in [6.45, 7) is 4.07. The van der Waals surface area contributed by atoms with Gasteiger partial charge < -0.3 is 4.90 Å². The number of anilines is 2. The molecule has 6 nitrogen and oxygen atoms in total. The second-order valence-electron chi connectivity index (χ2n) is 6.58. The molecule has 0 bridgehead atoms. The van der Waals surface area contributed by atoms with E-state index < -0.39 is 0 Å². The second kappa shape index (κ2) is 7.67. The molecule has 0 unspecified atom stereocenters. The zero-order valence-corrected chi connectivity index (χ0v) is 18.0. The van der Waals surface area contributed by atoms with Crippen LogP contribution in [0.1, 0.15) is 11.4 Å². The highest BCUT2D eigenvalue weighted by atomic mass is 127. The van der Waals surface area contributed by atoms with E-state index in [1.165, 1.54) is 0 Å². The Bertz CT molecular complexity index is 1110. The van der Waals surface area contributed by atoms with Crippen LogP contribution in [-0.2, 0) is 0 Å². The molecule has 7 heteroatoms. The molecule has 0 spiro atoms. The van der Waals surface area contributed by atoms with Crippen molar-refractivity contribution in [2.24, 2.45) is 0 Å². The maximum absolute atomic E-state index is 4.54. The van der Waals surface area contributed by atoms with Crippen molar-refractivity contribution in [3.63, 3.8) is 0 Å². The van der Waals surface area contributed by atoms with Crippen LogP contribution in [0.2, 0.25) is 0 Å². The number of H-pyrrole nitrogens is 1. The van der Waals surface area contributed by atoms with Crippen molar-refractivity contribution < 1.29 is 0 Å². The number of aryl methyl sites for hydroxylation is 2. The van der Waals surface area contributed by atoms with Crippen LogP contribution in [0.25, 0.3) is 22.5 Å². The number of pyridine rings is 1. The summed E-state index contributed by atoms with van der Waals surface area (Å²) in [5, 5.41) is 14.3. The fourth-order valence-electron chi connectivity index (χ4n) is 3.25. The van der Waals surface area contributed by atoms with Crippen molar-refractivity contribution in [3.8, 4) is 22.5 Å². The van der Waals surface area contributed by atoms with E-state index in [0.29, 0.717) is 5.82 Å². The Hall–Kier alpha value is -2.81. The first-order valence-electron chi connectivity index (χ1n) is 8.85. The second-order valence-corrected chi connectivity index (χ2v) is 7.66. The van der Waals surface area contributed by atoms with Gasteiger partial charge in [0.05, 0.1) is 15.0 Å². The first-order chi connectivity index (χ1) is 13.5. The minimum absolute atomic E-state index is 0.661. The number of tetrazole rings is 1. The molecular formula is C21H19IN6. The molecule has 4 aromatic rings. The number of aromatic nitrogens is 5. The molecule has 2 aromatic heterocycles. The molecule has 0 radical (unpaired) electrons. The zero-order chi connectivity index (χ0) is 19.7. The maximum atomic E-state index is 4.54. The monoisotopic (exact) mass is 482 g/mol. The van der Waals surface area contributed by atoms with Crippen molar-refractivity contribution in [2.45, 2.75) is 13.8 Å². The number of hydrogen-bond donors (Lipinski definition) is 1. The summed E-state index contributed by atoms with van der Waals surface area (Å²) in [4.78, 5) is 6.74. The minimum Gasteiger partial charge on any atom is -0.344 e. The Kier molecular flexibility index (Phi) is 5.08. The summed E-state index contributed by atoms with van der Waals surface area (Å²) in [5.41, 5.74) is 7.52. The van der Waals surface area contributed by atoms with E-state index in [-0.39, 0.29) is 0 Å². The first kappa shape index (κ1) is 18.5. The van der Waals surface area contributed by atoms with Crippen LogP contribution in [0.4, 0.5) is 11.4 Å². The van der Waals surface area contributed by atoms with Gasteiger partial charge >= 0.3 is 0 Å². The molecule has 0 fully saturated rings. The van der Waals surface area contributed by atoms with E-state index in [1.807, 2.05) is 32.0 Å². The highest BCUT2D eigenvalue weighted by molar-refractivity contribution is 14.1. The van der Waals surface area contributed by atoms with Gasteiger partial charge in [-0.25, -0.2) is 5.10 Å². The van der Waals surface area contributed by atoms with Gasteiger partial charge in [-0.05, 0) is 76.2 Å². The first-order valence-corrected chi connectivity index (χ1v) is 9.93. The number of hydrogen-bond acceptors (Lipinski definition) is 5. The third-order valence-corrected chi connectivity index (χ3v) is 6.02. The Morgan fingerprint density at radius 2 is 1.68 bits per heavy atom. The lowest BCUT2D eigenvalue weighted by Crippen LogP contribution is -2.12. The van der Waals surface area contributed by atoms with E-state index in [1.54, 1.807) is 0 Å². The molecule has 0 amide bonds. The lowest BCUT2D eigenvalue weighted by Gasteiger charge is -2.22. The summed E-state index contributed by atoms with van der Waals surface area (Å²) in [5.74, 6) is 0.661. The average molecular weight is 482 g/mol. The van der Waals surface area contributed by atoms with Crippen LogP contribution in [-0.4, -0.2) is 32.7 Å². The number of benzene rings is 2. The van der Waals surface area contributed by atoms with E-state index in [9.17, 15) is 0 Å². The van der Waals surface area contributed by atoms with Crippen molar-refractivity contribution in [1.29, 1.82) is 0 Å². The standard InChI is InChI=1S/C21H19IN6/c1-13-12-19(20(22)14(2)23-13)28(3)16-10-8-15(9-11-16)17-6-4-5-7-18(17)21-24-26-27-25-21/h4-12H,1-3H3,(H,24,25,26,27). The number of aromatic amines is 1. The van der Waals surface area contributed by atoms with E-state index in [2.05, 4.69) is 96.5 Å². The minimum atomic E-state index is 0.661. The predicted octanol–water partition coefficient (Wildman–Crippen LogP) is 4.92. The van der Waals surface area contributed by atoms with Crippen LogP contribution in [0.15, 0.2) is 54.6 Å². The normalized spacial score (nSPS) is 10.9. The van der Waals surface area contributed by atoms with E-state index in [4.69, 9.17) is 0 Å². The molecular weight excluding hydrogens is 463 g/mol. The van der Waals surface area contributed by atoms with Crippen LogP contribution >= 0.6 is 22.6 Å². The molecule has 0 aliphatic carbocycles. The fraction of sp³-hybridized carbons (Fsp3) is 0.143. The zero-order valence-electron chi connectivity index (χ0n) is 15.8. The van der Waals surface area contributed by atoms with Crippen molar-refractivity contribution in [2.75, 3.05) is 11.9 Å². The Labute approximate surface area is 177 Å². The predicted molar refractivity (Wildman–Crippen MR) is 120 cm³/mol. The van der Waals surface area contributed by atoms with Gasteiger partial charge in [-0.1, -0.05) is 36.4 Å². The maximum Gasteiger partial charge on any atom is 0.180 e. The topological polar surface area (TPSA) is 70.6 Å². The van der Waals surface area contributed by atoms with Crippen molar-refractivity contribution >= 4 is 34.0 Å². The van der Waals surface area contributed by atoms with Gasteiger partial charge in [0.25, 0.3) is 0 Å². The Balaban J connectivity index is 1.70. The third-order valence-electron chi connectivity index (χ3n) is 4.69. The highest BCUT2D eigenvalue weighted by Gasteiger charge is 2.13. The van der Waals surface area contributed by atoms with Gasteiger partial charge in [-0.15, -0.1) is 5.10 Å². The highest BCUT2D eigenvalue weighted by Crippen LogP contribution is 2.34. The van der Waals surface area contributed by atoms with E-state index in [0.717, 1.165) is 43.0 Å². The number of nitrogens with zero attached hydrogens (tertiary/aromatic N) is 5. The molecule has 1 N–H and O–H groups in total. The fourth-order valence-corrected chi connectivity index (χ4v) is 3.89. The summed E-state index contributed by atoms with van der Waals surface area (Å²) in [6, 6.07) is 18.7. The Morgan fingerprint density at radius 3 is 2.36 bits per heavy atom. The molecule has 2 aromatic carbocycles. The molecule has 0 aliphatic rings. The van der Waals surface area contributed by atoms with Gasteiger partial charge in [0, 0.05) is 24.0 Å². The lowest BCUT2D eigenvalue weighted by atomic mass is 9.99. The number of halogens is 1. The molecule has 0 saturated heterocycles. The molecule has 4 rings (SSSR count). The van der Waals surface area contributed by atoms with Crippen LogP contribution in [0, 0.1) is 17.4 Å². The summed E-state index contributed by atoms with van der Waals surface area (Å²) in [6.07, 6.45) is 0. The molecule has 140 valence electrons. The van der Waals surface area contributed by atoms with Gasteiger partial charge in [0.15, 0.2) is 5.82 Å². The van der Waals surface area contributed by atoms with Gasteiger partial charge in [-0.2, -0.15) is 0 Å². The molecule has 2 heterocycles. The SMILES string of the molecule is Cc1cc(N(C)c2ccc(-c3ccccc3-c3nnn[nH]3)cc2)c(I)c(C)n1.